The molecular weight excluding hydrogens is 294 g/mol. The molecule has 1 aliphatic rings. The van der Waals surface area contributed by atoms with E-state index in [0.29, 0.717) is 34.7 Å². The molecule has 1 aromatic rings. The van der Waals surface area contributed by atoms with Gasteiger partial charge < -0.3 is 10.6 Å². The van der Waals surface area contributed by atoms with E-state index in [2.05, 4.69) is 10.6 Å². The van der Waals surface area contributed by atoms with E-state index >= 15 is 0 Å². The monoisotopic (exact) mass is 314 g/mol. The van der Waals surface area contributed by atoms with Crippen molar-refractivity contribution in [1.82, 2.24) is 5.32 Å². The van der Waals surface area contributed by atoms with Crippen molar-refractivity contribution in [3.05, 3.63) is 24.3 Å². The van der Waals surface area contributed by atoms with Crippen LogP contribution >= 0.6 is 11.8 Å². The molecule has 1 fully saturated rings. The van der Waals surface area contributed by atoms with Gasteiger partial charge in [-0.05, 0) is 50.4 Å². The Labute approximate surface area is 127 Å². The lowest BCUT2D eigenvalue weighted by Crippen LogP contribution is -2.28. The van der Waals surface area contributed by atoms with Crippen LogP contribution < -0.4 is 10.6 Å². The number of carbonyl (C=O) groups excluding carboxylic acids is 1. The Morgan fingerprint density at radius 3 is 2.76 bits per heavy atom. The summed E-state index contributed by atoms with van der Waals surface area (Å²) in [6.07, 6.45) is 3.51. The van der Waals surface area contributed by atoms with E-state index < -0.39 is 5.76 Å². The lowest BCUT2D eigenvalue weighted by Gasteiger charge is -2.22. The SMILES string of the molecule is O=C(CCC1CCNCC1)Nc1ccccc1SC(F)F. The van der Waals surface area contributed by atoms with Crippen molar-refractivity contribution in [2.24, 2.45) is 5.92 Å². The fourth-order valence-electron chi connectivity index (χ4n) is 2.49. The van der Waals surface area contributed by atoms with Gasteiger partial charge in [0.25, 0.3) is 5.76 Å². The first kappa shape index (κ1) is 16.2. The van der Waals surface area contributed by atoms with Gasteiger partial charge in [0, 0.05) is 11.3 Å². The summed E-state index contributed by atoms with van der Waals surface area (Å²) < 4.78 is 24.9. The second-order valence-electron chi connectivity index (χ2n) is 5.15. The molecule has 1 saturated heterocycles. The van der Waals surface area contributed by atoms with Crippen LogP contribution in [-0.4, -0.2) is 24.8 Å². The molecule has 1 aliphatic heterocycles. The predicted molar refractivity (Wildman–Crippen MR) is 81.8 cm³/mol. The Bertz CT molecular complexity index is 465. The van der Waals surface area contributed by atoms with Gasteiger partial charge in [-0.3, -0.25) is 4.79 Å². The van der Waals surface area contributed by atoms with Crippen LogP contribution in [0.4, 0.5) is 14.5 Å². The topological polar surface area (TPSA) is 41.1 Å². The van der Waals surface area contributed by atoms with Crippen LogP contribution in [0.15, 0.2) is 29.2 Å². The Hall–Kier alpha value is -1.14. The number of thioether (sulfide) groups is 1. The Morgan fingerprint density at radius 2 is 2.05 bits per heavy atom. The number of amides is 1. The maximum absolute atomic E-state index is 12.5. The third-order valence-corrected chi connectivity index (χ3v) is 4.40. The molecule has 21 heavy (non-hydrogen) atoms. The number of rotatable bonds is 6. The highest BCUT2D eigenvalue weighted by molar-refractivity contribution is 7.99. The lowest BCUT2D eigenvalue weighted by atomic mass is 9.93. The predicted octanol–water partition coefficient (Wildman–Crippen LogP) is 3.72. The van der Waals surface area contributed by atoms with Crippen molar-refractivity contribution in [2.75, 3.05) is 18.4 Å². The minimum Gasteiger partial charge on any atom is -0.325 e. The van der Waals surface area contributed by atoms with Crippen molar-refractivity contribution in [3.63, 3.8) is 0 Å². The fourth-order valence-corrected chi connectivity index (χ4v) is 3.08. The minimum absolute atomic E-state index is 0.101. The molecule has 0 aliphatic carbocycles. The van der Waals surface area contributed by atoms with Crippen LogP contribution in [0.5, 0.6) is 0 Å². The van der Waals surface area contributed by atoms with E-state index in [9.17, 15) is 13.6 Å². The highest BCUT2D eigenvalue weighted by Gasteiger charge is 2.16. The lowest BCUT2D eigenvalue weighted by molar-refractivity contribution is -0.116. The largest absolute Gasteiger partial charge is 0.325 e. The summed E-state index contributed by atoms with van der Waals surface area (Å²) in [5.74, 6) is -2.00. The molecule has 1 amide bonds. The molecule has 0 radical (unpaired) electrons. The zero-order chi connectivity index (χ0) is 15.1. The van der Waals surface area contributed by atoms with E-state index in [1.165, 1.54) is 0 Å². The average Bonchev–Trinajstić information content (AvgIpc) is 2.48. The number of anilines is 1. The van der Waals surface area contributed by atoms with Crippen LogP contribution in [0, 0.1) is 5.92 Å². The second kappa shape index (κ2) is 8.34. The molecule has 1 aromatic carbocycles. The average molecular weight is 314 g/mol. The van der Waals surface area contributed by atoms with E-state index in [1.807, 2.05) is 0 Å². The normalized spacial score (nSPS) is 16.1. The Kier molecular flexibility index (Phi) is 6.45. The molecule has 2 N–H and O–H groups in total. The second-order valence-corrected chi connectivity index (χ2v) is 6.19. The number of hydrogen-bond acceptors (Lipinski definition) is 3. The first-order valence-electron chi connectivity index (χ1n) is 7.19. The third-order valence-electron chi connectivity index (χ3n) is 3.62. The third kappa shape index (κ3) is 5.63. The molecule has 0 bridgehead atoms. The molecular formula is C15H20F2N2OS. The number of piperidine rings is 1. The number of benzene rings is 1. The smallest absolute Gasteiger partial charge is 0.288 e. The van der Waals surface area contributed by atoms with Crippen molar-refractivity contribution in [3.8, 4) is 0 Å². The summed E-state index contributed by atoms with van der Waals surface area (Å²) in [5.41, 5.74) is 0.470. The standard InChI is InChI=1S/C15H20F2N2OS/c16-15(17)21-13-4-2-1-3-12(13)19-14(20)6-5-11-7-9-18-10-8-11/h1-4,11,15,18H,5-10H2,(H,19,20). The number of para-hydroxylation sites is 1. The van der Waals surface area contributed by atoms with Gasteiger partial charge in [-0.1, -0.05) is 23.9 Å². The molecule has 116 valence electrons. The number of hydrogen-bond donors (Lipinski definition) is 2. The zero-order valence-electron chi connectivity index (χ0n) is 11.8. The first-order chi connectivity index (χ1) is 10.1. The Balaban J connectivity index is 1.84. The Morgan fingerprint density at radius 1 is 1.33 bits per heavy atom. The van der Waals surface area contributed by atoms with Crippen molar-refractivity contribution >= 4 is 23.4 Å². The summed E-state index contributed by atoms with van der Waals surface area (Å²) in [6.45, 7) is 2.03. The summed E-state index contributed by atoms with van der Waals surface area (Å²) in [5, 5.41) is 6.04. The molecule has 1 heterocycles. The van der Waals surface area contributed by atoms with Crippen LogP contribution in [0.25, 0.3) is 0 Å². The van der Waals surface area contributed by atoms with E-state index in [-0.39, 0.29) is 5.91 Å². The van der Waals surface area contributed by atoms with Crippen LogP contribution in [0.2, 0.25) is 0 Å². The number of halogens is 2. The van der Waals surface area contributed by atoms with E-state index in [0.717, 1.165) is 32.4 Å². The molecule has 3 nitrogen and oxygen atoms in total. The van der Waals surface area contributed by atoms with E-state index in [4.69, 9.17) is 0 Å². The summed E-state index contributed by atoms with van der Waals surface area (Å²) in [6, 6.07) is 6.68. The summed E-state index contributed by atoms with van der Waals surface area (Å²) in [7, 11) is 0. The maximum atomic E-state index is 12.5. The molecule has 2 rings (SSSR count). The van der Waals surface area contributed by atoms with Gasteiger partial charge in [0.15, 0.2) is 0 Å². The number of alkyl halides is 2. The van der Waals surface area contributed by atoms with Crippen LogP contribution in [-0.2, 0) is 4.79 Å². The molecule has 0 spiro atoms. The van der Waals surface area contributed by atoms with Crippen molar-refractivity contribution < 1.29 is 13.6 Å². The molecule has 0 aromatic heterocycles. The number of carbonyl (C=O) groups is 1. The molecule has 0 atom stereocenters. The van der Waals surface area contributed by atoms with Gasteiger partial charge in [0.1, 0.15) is 0 Å². The minimum atomic E-state index is -2.49. The maximum Gasteiger partial charge on any atom is 0.288 e. The fraction of sp³-hybridized carbons (Fsp3) is 0.533. The van der Waals surface area contributed by atoms with Gasteiger partial charge in [-0.25, -0.2) is 0 Å². The molecule has 6 heteroatoms. The van der Waals surface area contributed by atoms with Crippen LogP contribution in [0.3, 0.4) is 0 Å². The van der Waals surface area contributed by atoms with Gasteiger partial charge in [0.2, 0.25) is 5.91 Å². The highest BCUT2D eigenvalue weighted by atomic mass is 32.2. The first-order valence-corrected chi connectivity index (χ1v) is 8.07. The van der Waals surface area contributed by atoms with Gasteiger partial charge in [0.05, 0.1) is 5.69 Å². The van der Waals surface area contributed by atoms with E-state index in [1.54, 1.807) is 24.3 Å². The molecule has 0 saturated carbocycles. The van der Waals surface area contributed by atoms with Crippen LogP contribution in [0.1, 0.15) is 25.7 Å². The zero-order valence-corrected chi connectivity index (χ0v) is 12.6. The molecule has 0 unspecified atom stereocenters. The van der Waals surface area contributed by atoms with Gasteiger partial charge in [-0.2, -0.15) is 8.78 Å². The number of nitrogens with one attached hydrogen (secondary N) is 2. The van der Waals surface area contributed by atoms with Gasteiger partial charge in [-0.15, -0.1) is 0 Å². The summed E-state index contributed by atoms with van der Waals surface area (Å²) in [4.78, 5) is 12.4. The van der Waals surface area contributed by atoms with Crippen molar-refractivity contribution in [1.29, 1.82) is 0 Å². The van der Waals surface area contributed by atoms with Gasteiger partial charge >= 0.3 is 0 Å². The quantitative estimate of drug-likeness (QED) is 0.786. The highest BCUT2D eigenvalue weighted by Crippen LogP contribution is 2.31. The summed E-state index contributed by atoms with van der Waals surface area (Å²) >= 11 is 0.457. The van der Waals surface area contributed by atoms with Crippen molar-refractivity contribution in [2.45, 2.75) is 36.3 Å².